The van der Waals surface area contributed by atoms with Crippen LogP contribution in [0, 0.1) is 6.92 Å². The molecule has 3 nitrogen and oxygen atoms in total. The fourth-order valence-electron chi connectivity index (χ4n) is 1.97. The first-order valence-electron chi connectivity index (χ1n) is 6.05. The third-order valence-electron chi connectivity index (χ3n) is 2.95. The van der Waals surface area contributed by atoms with Gasteiger partial charge in [0.25, 0.3) is 0 Å². The minimum absolute atomic E-state index is 0.682. The Hall–Kier alpha value is -0.290. The van der Waals surface area contributed by atoms with E-state index in [9.17, 15) is 0 Å². The molecule has 2 rings (SSSR count). The van der Waals surface area contributed by atoms with E-state index >= 15 is 0 Å². The lowest BCUT2D eigenvalue weighted by Crippen LogP contribution is -2.38. The van der Waals surface area contributed by atoms with Crippen molar-refractivity contribution < 1.29 is 9.47 Å². The van der Waals surface area contributed by atoms with E-state index in [1.54, 1.807) is 0 Å². The van der Waals surface area contributed by atoms with Crippen LogP contribution in [-0.4, -0.2) is 44.4 Å². The van der Waals surface area contributed by atoms with E-state index < -0.39 is 0 Å². The Morgan fingerprint density at radius 2 is 2.11 bits per heavy atom. The van der Waals surface area contributed by atoms with E-state index in [0.29, 0.717) is 6.61 Å². The molecule has 5 heteroatoms. The SMILES string of the molecule is Cc1cc(Cl)cc(Br)c1OCCN1CCOCC1. The molecule has 0 aromatic heterocycles. The van der Waals surface area contributed by atoms with Crippen LogP contribution in [0.2, 0.25) is 5.02 Å². The van der Waals surface area contributed by atoms with Crippen molar-refractivity contribution in [3.05, 3.63) is 27.2 Å². The molecule has 0 amide bonds. The molecule has 1 aliphatic rings. The van der Waals surface area contributed by atoms with Gasteiger partial charge in [-0.3, -0.25) is 4.90 Å². The van der Waals surface area contributed by atoms with Gasteiger partial charge in [-0.05, 0) is 40.5 Å². The van der Waals surface area contributed by atoms with Gasteiger partial charge in [0.15, 0.2) is 0 Å². The molecule has 0 atom stereocenters. The molecule has 18 heavy (non-hydrogen) atoms. The van der Waals surface area contributed by atoms with Crippen LogP contribution in [0.25, 0.3) is 0 Å². The van der Waals surface area contributed by atoms with Gasteiger partial charge < -0.3 is 9.47 Å². The van der Waals surface area contributed by atoms with Gasteiger partial charge in [0.05, 0.1) is 17.7 Å². The van der Waals surface area contributed by atoms with Gasteiger partial charge in [0.2, 0.25) is 0 Å². The maximum Gasteiger partial charge on any atom is 0.136 e. The van der Waals surface area contributed by atoms with Gasteiger partial charge in [0, 0.05) is 24.7 Å². The molecule has 0 N–H and O–H groups in total. The molecular weight excluding hydrogens is 318 g/mol. The maximum atomic E-state index is 5.97. The van der Waals surface area contributed by atoms with Crippen LogP contribution < -0.4 is 4.74 Å². The van der Waals surface area contributed by atoms with Gasteiger partial charge in [-0.2, -0.15) is 0 Å². The van der Waals surface area contributed by atoms with Gasteiger partial charge in [0.1, 0.15) is 12.4 Å². The highest BCUT2D eigenvalue weighted by atomic mass is 79.9. The molecule has 1 fully saturated rings. The molecule has 0 spiro atoms. The number of benzene rings is 1. The Morgan fingerprint density at radius 1 is 1.39 bits per heavy atom. The Kier molecular flexibility index (Phi) is 5.30. The number of ether oxygens (including phenoxy) is 2. The zero-order valence-electron chi connectivity index (χ0n) is 10.4. The normalized spacial score (nSPS) is 16.8. The largest absolute Gasteiger partial charge is 0.491 e. The second-order valence-corrected chi connectivity index (χ2v) is 5.63. The predicted octanol–water partition coefficient (Wildman–Crippen LogP) is 3.12. The second kappa shape index (κ2) is 6.75. The number of hydrogen-bond donors (Lipinski definition) is 0. The van der Waals surface area contributed by atoms with Crippen molar-refractivity contribution >= 4 is 27.5 Å². The van der Waals surface area contributed by atoms with Gasteiger partial charge >= 0.3 is 0 Å². The Morgan fingerprint density at radius 3 is 2.78 bits per heavy atom. The van der Waals surface area contributed by atoms with E-state index in [2.05, 4.69) is 20.8 Å². The minimum Gasteiger partial charge on any atom is -0.491 e. The summed E-state index contributed by atoms with van der Waals surface area (Å²) in [6, 6.07) is 3.77. The molecule has 1 saturated heterocycles. The van der Waals surface area contributed by atoms with Crippen LogP contribution in [0.3, 0.4) is 0 Å². The third-order valence-corrected chi connectivity index (χ3v) is 3.76. The average Bonchev–Trinajstić information content (AvgIpc) is 2.34. The summed E-state index contributed by atoms with van der Waals surface area (Å²) in [6.45, 7) is 7.24. The van der Waals surface area contributed by atoms with Crippen molar-refractivity contribution in [2.45, 2.75) is 6.92 Å². The molecule has 0 unspecified atom stereocenters. The maximum absolute atomic E-state index is 5.97. The van der Waals surface area contributed by atoms with Crippen LogP contribution in [0.4, 0.5) is 0 Å². The van der Waals surface area contributed by atoms with E-state index in [1.165, 1.54) is 0 Å². The topological polar surface area (TPSA) is 21.7 Å². The number of aryl methyl sites for hydroxylation is 1. The summed E-state index contributed by atoms with van der Waals surface area (Å²) in [4.78, 5) is 2.35. The van der Waals surface area contributed by atoms with Gasteiger partial charge in [-0.1, -0.05) is 11.6 Å². The summed E-state index contributed by atoms with van der Waals surface area (Å²) >= 11 is 9.45. The summed E-state index contributed by atoms with van der Waals surface area (Å²) in [6.07, 6.45) is 0. The summed E-state index contributed by atoms with van der Waals surface area (Å²) in [5.74, 6) is 0.882. The molecule has 0 saturated carbocycles. The van der Waals surface area contributed by atoms with Crippen LogP contribution in [0.1, 0.15) is 5.56 Å². The summed E-state index contributed by atoms with van der Waals surface area (Å²) in [5.41, 5.74) is 1.05. The molecule has 1 heterocycles. The fourth-order valence-corrected chi connectivity index (χ4v) is 3.05. The smallest absolute Gasteiger partial charge is 0.136 e. The zero-order chi connectivity index (χ0) is 13.0. The summed E-state index contributed by atoms with van der Waals surface area (Å²) in [5, 5.41) is 0.722. The summed E-state index contributed by atoms with van der Waals surface area (Å²) in [7, 11) is 0. The molecule has 0 aliphatic carbocycles. The lowest BCUT2D eigenvalue weighted by molar-refractivity contribution is 0.0322. The zero-order valence-corrected chi connectivity index (χ0v) is 12.8. The fraction of sp³-hybridized carbons (Fsp3) is 0.538. The molecule has 1 aliphatic heterocycles. The molecular formula is C13H17BrClNO2. The van der Waals surface area contributed by atoms with Crippen LogP contribution >= 0.6 is 27.5 Å². The predicted molar refractivity (Wildman–Crippen MR) is 76.6 cm³/mol. The quantitative estimate of drug-likeness (QED) is 0.844. The number of rotatable bonds is 4. The standard InChI is InChI=1S/C13H17BrClNO2/c1-10-8-11(15)9-12(14)13(10)18-7-4-16-2-5-17-6-3-16/h8-9H,2-7H2,1H3. The van der Waals surface area contributed by atoms with E-state index in [1.807, 2.05) is 19.1 Å². The van der Waals surface area contributed by atoms with E-state index in [4.69, 9.17) is 21.1 Å². The van der Waals surface area contributed by atoms with Crippen molar-refractivity contribution in [3.8, 4) is 5.75 Å². The Labute approximate surface area is 121 Å². The molecule has 1 aromatic rings. The summed E-state index contributed by atoms with van der Waals surface area (Å²) < 4.78 is 12.1. The Bertz CT molecular complexity index is 385. The number of halogens is 2. The van der Waals surface area contributed by atoms with Gasteiger partial charge in [-0.15, -0.1) is 0 Å². The average molecular weight is 335 g/mol. The highest BCUT2D eigenvalue weighted by Crippen LogP contribution is 2.32. The first-order chi connectivity index (χ1) is 8.66. The molecule has 0 bridgehead atoms. The van der Waals surface area contributed by atoms with Crippen molar-refractivity contribution in [3.63, 3.8) is 0 Å². The lowest BCUT2D eigenvalue weighted by atomic mass is 10.2. The number of morpholine rings is 1. The second-order valence-electron chi connectivity index (χ2n) is 4.34. The monoisotopic (exact) mass is 333 g/mol. The molecule has 1 aromatic carbocycles. The number of nitrogens with zero attached hydrogens (tertiary/aromatic N) is 1. The number of hydrogen-bond acceptors (Lipinski definition) is 3. The molecule has 0 radical (unpaired) electrons. The first kappa shape index (κ1) is 14.1. The van der Waals surface area contributed by atoms with Crippen molar-refractivity contribution in [1.82, 2.24) is 4.90 Å². The van der Waals surface area contributed by atoms with E-state index in [-0.39, 0.29) is 0 Å². The lowest BCUT2D eigenvalue weighted by Gasteiger charge is -2.26. The Balaban J connectivity index is 1.86. The van der Waals surface area contributed by atoms with Crippen LogP contribution in [0.15, 0.2) is 16.6 Å². The highest BCUT2D eigenvalue weighted by molar-refractivity contribution is 9.10. The van der Waals surface area contributed by atoms with Crippen molar-refractivity contribution in [1.29, 1.82) is 0 Å². The first-order valence-corrected chi connectivity index (χ1v) is 7.22. The van der Waals surface area contributed by atoms with E-state index in [0.717, 1.165) is 53.7 Å². The van der Waals surface area contributed by atoms with Gasteiger partial charge in [-0.25, -0.2) is 0 Å². The molecule has 100 valence electrons. The van der Waals surface area contributed by atoms with Crippen LogP contribution in [-0.2, 0) is 4.74 Å². The highest BCUT2D eigenvalue weighted by Gasteiger charge is 2.11. The minimum atomic E-state index is 0.682. The van der Waals surface area contributed by atoms with Crippen LogP contribution in [0.5, 0.6) is 5.75 Å². The third kappa shape index (κ3) is 3.85. The van der Waals surface area contributed by atoms with Crippen molar-refractivity contribution in [2.24, 2.45) is 0 Å². The van der Waals surface area contributed by atoms with Crippen molar-refractivity contribution in [2.75, 3.05) is 39.5 Å².